The first kappa shape index (κ1) is 16.2. The molecule has 1 atom stereocenters. The van der Waals surface area contributed by atoms with E-state index in [2.05, 4.69) is 20.0 Å². The minimum absolute atomic E-state index is 0.0398. The predicted molar refractivity (Wildman–Crippen MR) is 87.4 cm³/mol. The lowest BCUT2D eigenvalue weighted by atomic mass is 10.1. The Bertz CT molecular complexity index is 625. The maximum Gasteiger partial charge on any atom is 0.321 e. The zero-order chi connectivity index (χ0) is 16.1. The summed E-state index contributed by atoms with van der Waals surface area (Å²) in [7, 11) is 0. The number of phenolic OH excluding ortho intramolecular Hbond substituents is 1. The van der Waals surface area contributed by atoms with E-state index in [1.165, 1.54) is 11.5 Å². The van der Waals surface area contributed by atoms with Crippen LogP contribution in [0.15, 0.2) is 24.3 Å². The number of phenols is 1. The number of benzene rings is 1. The topological polar surface area (TPSA) is 87.1 Å². The van der Waals surface area contributed by atoms with Gasteiger partial charge in [0.1, 0.15) is 11.6 Å². The summed E-state index contributed by atoms with van der Waals surface area (Å²) in [4.78, 5) is 16.2. The smallest absolute Gasteiger partial charge is 0.321 e. The first-order valence-electron chi connectivity index (χ1n) is 7.13. The van der Waals surface area contributed by atoms with Gasteiger partial charge in [-0.1, -0.05) is 26.0 Å². The molecule has 0 aliphatic heterocycles. The number of hydrogen-bond donors (Lipinski definition) is 3. The highest BCUT2D eigenvalue weighted by Crippen LogP contribution is 2.17. The number of urea groups is 1. The lowest BCUT2D eigenvalue weighted by molar-refractivity contribution is 0.249. The zero-order valence-electron chi connectivity index (χ0n) is 12.8. The van der Waals surface area contributed by atoms with E-state index in [-0.39, 0.29) is 23.7 Å². The molecule has 2 rings (SSSR count). The van der Waals surface area contributed by atoms with E-state index < -0.39 is 0 Å². The van der Waals surface area contributed by atoms with Gasteiger partial charge < -0.3 is 10.4 Å². The maximum atomic E-state index is 11.9. The van der Waals surface area contributed by atoms with Crippen molar-refractivity contribution >= 4 is 22.7 Å². The largest absolute Gasteiger partial charge is 0.508 e. The van der Waals surface area contributed by atoms with Gasteiger partial charge in [0.05, 0.1) is 0 Å². The van der Waals surface area contributed by atoms with Crippen LogP contribution < -0.4 is 10.6 Å². The van der Waals surface area contributed by atoms with Crippen LogP contribution in [-0.2, 0) is 6.42 Å². The van der Waals surface area contributed by atoms with Crippen LogP contribution in [0.3, 0.4) is 0 Å². The van der Waals surface area contributed by atoms with Gasteiger partial charge in [0.25, 0.3) is 0 Å². The quantitative estimate of drug-likeness (QED) is 0.790. The van der Waals surface area contributed by atoms with Crippen molar-refractivity contribution in [2.75, 3.05) is 5.32 Å². The van der Waals surface area contributed by atoms with Gasteiger partial charge in [-0.3, -0.25) is 5.32 Å². The summed E-state index contributed by atoms with van der Waals surface area (Å²) in [5, 5.41) is 15.3. The van der Waals surface area contributed by atoms with E-state index in [0.29, 0.717) is 11.6 Å². The number of carbonyl (C=O) groups is 1. The summed E-state index contributed by atoms with van der Waals surface area (Å²) in [6.45, 7) is 5.93. The number of rotatable bonds is 5. The van der Waals surface area contributed by atoms with E-state index in [1.807, 2.05) is 32.9 Å². The molecule has 0 aliphatic carbocycles. The molecule has 0 radical (unpaired) electrons. The fourth-order valence-electron chi connectivity index (χ4n) is 1.91. The Kier molecular flexibility index (Phi) is 5.32. The highest BCUT2D eigenvalue weighted by Gasteiger charge is 2.12. The van der Waals surface area contributed by atoms with Crippen LogP contribution in [0.1, 0.15) is 38.1 Å². The molecular weight excluding hydrogens is 300 g/mol. The molecule has 22 heavy (non-hydrogen) atoms. The van der Waals surface area contributed by atoms with Crippen LogP contribution >= 0.6 is 11.5 Å². The summed E-state index contributed by atoms with van der Waals surface area (Å²) >= 11 is 1.18. The number of hydrogen-bond acceptors (Lipinski definition) is 5. The molecule has 1 aromatic carbocycles. The van der Waals surface area contributed by atoms with Gasteiger partial charge in [0.15, 0.2) is 0 Å². The Morgan fingerprint density at radius 1 is 1.27 bits per heavy atom. The van der Waals surface area contributed by atoms with Crippen molar-refractivity contribution in [1.82, 2.24) is 14.7 Å². The molecule has 0 bridgehead atoms. The zero-order valence-corrected chi connectivity index (χ0v) is 13.6. The van der Waals surface area contributed by atoms with E-state index in [1.54, 1.807) is 12.1 Å². The second kappa shape index (κ2) is 7.22. The number of aromatic nitrogens is 2. The third kappa shape index (κ3) is 4.70. The van der Waals surface area contributed by atoms with Gasteiger partial charge in [0.2, 0.25) is 5.13 Å². The summed E-state index contributed by atoms with van der Waals surface area (Å²) < 4.78 is 4.19. The van der Waals surface area contributed by atoms with Gasteiger partial charge in [-0.2, -0.15) is 4.37 Å². The molecule has 0 fully saturated rings. The van der Waals surface area contributed by atoms with Crippen molar-refractivity contribution in [2.24, 2.45) is 0 Å². The number of nitrogens with one attached hydrogen (secondary N) is 2. The van der Waals surface area contributed by atoms with Crippen LogP contribution in [0.4, 0.5) is 9.93 Å². The van der Waals surface area contributed by atoms with Crippen molar-refractivity contribution in [3.05, 3.63) is 35.7 Å². The third-order valence-electron chi connectivity index (χ3n) is 3.03. The fourth-order valence-corrected chi connectivity index (χ4v) is 2.62. The highest BCUT2D eigenvalue weighted by molar-refractivity contribution is 7.09. The molecule has 0 saturated heterocycles. The molecular formula is C15H20N4O2S. The van der Waals surface area contributed by atoms with Crippen LogP contribution in [-0.4, -0.2) is 26.5 Å². The molecule has 7 heteroatoms. The summed E-state index contributed by atoms with van der Waals surface area (Å²) in [5.41, 5.74) is 1.05. The molecule has 118 valence electrons. The molecule has 2 aromatic rings. The van der Waals surface area contributed by atoms with Gasteiger partial charge >= 0.3 is 6.03 Å². The molecule has 2 amide bonds. The molecule has 1 aromatic heterocycles. The lowest BCUT2D eigenvalue weighted by Crippen LogP contribution is -2.37. The van der Waals surface area contributed by atoms with Gasteiger partial charge in [-0.15, -0.1) is 0 Å². The second-order valence-electron chi connectivity index (χ2n) is 5.48. The predicted octanol–water partition coefficient (Wildman–Crippen LogP) is 3.12. The van der Waals surface area contributed by atoms with E-state index >= 15 is 0 Å². The monoisotopic (exact) mass is 320 g/mol. The summed E-state index contributed by atoms with van der Waals surface area (Å²) in [6, 6.07) is 6.61. The van der Waals surface area contributed by atoms with Crippen molar-refractivity contribution in [3.63, 3.8) is 0 Å². The Morgan fingerprint density at radius 2 is 1.95 bits per heavy atom. The molecule has 1 unspecified atom stereocenters. The van der Waals surface area contributed by atoms with Gasteiger partial charge in [-0.25, -0.2) is 9.78 Å². The minimum atomic E-state index is -0.294. The molecule has 0 spiro atoms. The molecule has 0 aliphatic rings. The average molecular weight is 320 g/mol. The Balaban J connectivity index is 1.84. The molecule has 3 N–H and O–H groups in total. The van der Waals surface area contributed by atoms with E-state index in [9.17, 15) is 9.90 Å². The Labute approximate surface area is 133 Å². The fraction of sp³-hybridized carbons (Fsp3) is 0.400. The van der Waals surface area contributed by atoms with Crippen LogP contribution in [0.5, 0.6) is 5.75 Å². The van der Waals surface area contributed by atoms with Crippen LogP contribution in [0.25, 0.3) is 0 Å². The number of carbonyl (C=O) groups excluding carboxylic acids is 1. The number of nitrogens with zero attached hydrogens (tertiary/aromatic N) is 2. The van der Waals surface area contributed by atoms with E-state index in [4.69, 9.17) is 0 Å². The van der Waals surface area contributed by atoms with Crippen molar-refractivity contribution in [3.8, 4) is 5.75 Å². The van der Waals surface area contributed by atoms with Crippen molar-refractivity contribution in [1.29, 1.82) is 0 Å². The summed E-state index contributed by atoms with van der Waals surface area (Å²) in [5.74, 6) is 1.21. The van der Waals surface area contributed by atoms with Gasteiger partial charge in [-0.05, 0) is 31.0 Å². The van der Waals surface area contributed by atoms with Crippen molar-refractivity contribution in [2.45, 2.75) is 39.2 Å². The van der Waals surface area contributed by atoms with Crippen molar-refractivity contribution < 1.29 is 9.90 Å². The Morgan fingerprint density at radius 3 is 2.55 bits per heavy atom. The number of amides is 2. The normalized spacial score (nSPS) is 12.2. The summed E-state index contributed by atoms with van der Waals surface area (Å²) in [6.07, 6.45) is 0.682. The molecule has 1 heterocycles. The minimum Gasteiger partial charge on any atom is -0.508 e. The molecule has 0 saturated carbocycles. The van der Waals surface area contributed by atoms with Crippen LogP contribution in [0.2, 0.25) is 0 Å². The maximum absolute atomic E-state index is 11.9. The number of anilines is 1. The lowest BCUT2D eigenvalue weighted by Gasteiger charge is -2.13. The SMILES string of the molecule is CC(Cc1ccc(O)cc1)NC(=O)Nc1nc(C(C)C)ns1. The van der Waals surface area contributed by atoms with Crippen LogP contribution in [0, 0.1) is 0 Å². The third-order valence-corrected chi connectivity index (χ3v) is 3.68. The Hall–Kier alpha value is -2.15. The molecule has 6 nitrogen and oxygen atoms in total. The first-order chi connectivity index (χ1) is 10.4. The second-order valence-corrected chi connectivity index (χ2v) is 6.23. The van der Waals surface area contributed by atoms with Gasteiger partial charge in [0, 0.05) is 23.5 Å². The standard InChI is InChI=1S/C15H20N4O2S/c1-9(2)13-17-15(22-19-13)18-14(21)16-10(3)8-11-4-6-12(20)7-5-11/h4-7,9-10,20H,8H2,1-3H3,(H2,16,17,18,19,21). The highest BCUT2D eigenvalue weighted by atomic mass is 32.1. The number of aromatic hydroxyl groups is 1. The average Bonchev–Trinajstić information content (AvgIpc) is 2.89. The first-order valence-corrected chi connectivity index (χ1v) is 7.90. The van der Waals surface area contributed by atoms with E-state index in [0.717, 1.165) is 11.4 Å².